The van der Waals surface area contributed by atoms with Crippen LogP contribution in [0.4, 0.5) is 5.69 Å². The van der Waals surface area contributed by atoms with E-state index in [1.807, 2.05) is 32.0 Å². The fourth-order valence-corrected chi connectivity index (χ4v) is 2.75. The third-order valence-electron chi connectivity index (χ3n) is 3.91. The van der Waals surface area contributed by atoms with Crippen molar-refractivity contribution in [1.82, 2.24) is 4.90 Å². The van der Waals surface area contributed by atoms with Gasteiger partial charge < -0.3 is 19.7 Å². The second-order valence-corrected chi connectivity index (χ2v) is 5.67. The highest BCUT2D eigenvalue weighted by molar-refractivity contribution is 5.98. The van der Waals surface area contributed by atoms with Crippen LogP contribution in [0.1, 0.15) is 20.3 Å². The molecule has 2 rings (SSSR count). The maximum atomic E-state index is 12.5. The predicted octanol–water partition coefficient (Wildman–Crippen LogP) is 1.91. The number of nitrogens with zero attached hydrogens (tertiary/aromatic N) is 1. The van der Waals surface area contributed by atoms with E-state index in [2.05, 4.69) is 5.32 Å². The first-order valence-electron chi connectivity index (χ1n) is 7.87. The molecule has 6 nitrogen and oxygen atoms in total. The van der Waals surface area contributed by atoms with Gasteiger partial charge in [-0.05, 0) is 26.0 Å². The Morgan fingerprint density at radius 1 is 1.43 bits per heavy atom. The van der Waals surface area contributed by atoms with Crippen LogP contribution in [0.5, 0.6) is 5.75 Å². The molecule has 0 unspecified atom stereocenters. The number of rotatable bonds is 7. The van der Waals surface area contributed by atoms with Crippen molar-refractivity contribution in [2.75, 3.05) is 32.2 Å². The highest BCUT2D eigenvalue weighted by Crippen LogP contribution is 2.26. The summed E-state index contributed by atoms with van der Waals surface area (Å²) in [6.07, 6.45) is 0.233. The quantitative estimate of drug-likeness (QED) is 0.833. The van der Waals surface area contributed by atoms with E-state index < -0.39 is 0 Å². The number of carbonyl (C=O) groups excluding carboxylic acids is 2. The Balaban J connectivity index is 2.01. The minimum absolute atomic E-state index is 0.00667. The Labute approximate surface area is 136 Å². The topological polar surface area (TPSA) is 67.9 Å². The monoisotopic (exact) mass is 320 g/mol. The lowest BCUT2D eigenvalue weighted by Crippen LogP contribution is -2.38. The molecule has 0 aromatic heterocycles. The van der Waals surface area contributed by atoms with Gasteiger partial charge in [-0.15, -0.1) is 0 Å². The molecule has 1 N–H and O–H groups in total. The molecular weight excluding hydrogens is 296 g/mol. The standard InChI is InChI=1S/C17H24N2O4/c1-4-23-15-8-6-5-7-14(15)18-17(21)13-9-16(20)19(10-13)12(2)11-22-3/h5-8,12-13H,4,9-11H2,1-3H3,(H,18,21)/t12-,13+/m0/s1. The van der Waals surface area contributed by atoms with Crippen LogP contribution in [-0.2, 0) is 14.3 Å². The summed E-state index contributed by atoms with van der Waals surface area (Å²) in [5.74, 6) is 0.124. The molecule has 0 spiro atoms. The second kappa shape index (κ2) is 7.97. The lowest BCUT2D eigenvalue weighted by Gasteiger charge is -2.24. The largest absolute Gasteiger partial charge is 0.492 e. The molecule has 0 radical (unpaired) electrons. The van der Waals surface area contributed by atoms with Gasteiger partial charge in [-0.25, -0.2) is 0 Å². The molecular formula is C17H24N2O4. The van der Waals surface area contributed by atoms with Crippen molar-refractivity contribution in [2.24, 2.45) is 5.92 Å². The van der Waals surface area contributed by atoms with E-state index in [9.17, 15) is 9.59 Å². The summed E-state index contributed by atoms with van der Waals surface area (Å²) in [7, 11) is 1.60. The zero-order chi connectivity index (χ0) is 16.8. The molecule has 126 valence electrons. The minimum Gasteiger partial charge on any atom is -0.492 e. The van der Waals surface area contributed by atoms with Crippen molar-refractivity contribution in [3.63, 3.8) is 0 Å². The van der Waals surface area contributed by atoms with Gasteiger partial charge in [0, 0.05) is 20.1 Å². The highest BCUT2D eigenvalue weighted by Gasteiger charge is 2.36. The average molecular weight is 320 g/mol. The van der Waals surface area contributed by atoms with Crippen molar-refractivity contribution >= 4 is 17.5 Å². The SMILES string of the molecule is CCOc1ccccc1NC(=O)[C@@H]1CC(=O)N([C@@H](C)COC)C1. The van der Waals surface area contributed by atoms with Gasteiger partial charge >= 0.3 is 0 Å². The van der Waals surface area contributed by atoms with Gasteiger partial charge in [-0.1, -0.05) is 12.1 Å². The maximum Gasteiger partial charge on any atom is 0.229 e. The van der Waals surface area contributed by atoms with Gasteiger partial charge in [0.2, 0.25) is 11.8 Å². The molecule has 1 heterocycles. The number of hydrogen-bond donors (Lipinski definition) is 1. The summed E-state index contributed by atoms with van der Waals surface area (Å²) >= 11 is 0. The van der Waals surface area contributed by atoms with Crippen molar-refractivity contribution in [2.45, 2.75) is 26.3 Å². The molecule has 1 saturated heterocycles. The summed E-state index contributed by atoms with van der Waals surface area (Å²) in [4.78, 5) is 26.3. The van der Waals surface area contributed by atoms with E-state index in [-0.39, 0.29) is 30.2 Å². The first-order chi connectivity index (χ1) is 11.1. The number of amides is 2. The first kappa shape index (κ1) is 17.3. The van der Waals surface area contributed by atoms with Crippen molar-refractivity contribution in [1.29, 1.82) is 0 Å². The van der Waals surface area contributed by atoms with E-state index >= 15 is 0 Å². The summed E-state index contributed by atoms with van der Waals surface area (Å²) in [5.41, 5.74) is 0.634. The number of methoxy groups -OCH3 is 1. The van der Waals surface area contributed by atoms with Gasteiger partial charge in [-0.2, -0.15) is 0 Å². The van der Waals surface area contributed by atoms with Gasteiger partial charge in [0.1, 0.15) is 5.75 Å². The van der Waals surface area contributed by atoms with Crippen molar-refractivity contribution < 1.29 is 19.1 Å². The summed E-state index contributed by atoms with van der Waals surface area (Å²) < 4.78 is 10.6. The Morgan fingerprint density at radius 3 is 2.87 bits per heavy atom. The van der Waals surface area contributed by atoms with Crippen LogP contribution in [0.2, 0.25) is 0 Å². The molecule has 1 aliphatic rings. The van der Waals surface area contributed by atoms with Gasteiger partial charge in [0.05, 0.1) is 30.9 Å². The highest BCUT2D eigenvalue weighted by atomic mass is 16.5. The molecule has 23 heavy (non-hydrogen) atoms. The molecule has 6 heteroatoms. The fraction of sp³-hybridized carbons (Fsp3) is 0.529. The van der Waals surface area contributed by atoms with Crippen LogP contribution in [0.15, 0.2) is 24.3 Å². The van der Waals surface area contributed by atoms with Crippen LogP contribution < -0.4 is 10.1 Å². The first-order valence-corrected chi connectivity index (χ1v) is 7.87. The number of ether oxygens (including phenoxy) is 2. The normalized spacial score (nSPS) is 18.8. The van der Waals surface area contributed by atoms with Gasteiger partial charge in [0.15, 0.2) is 0 Å². The third kappa shape index (κ3) is 4.22. The smallest absolute Gasteiger partial charge is 0.229 e. The van der Waals surface area contributed by atoms with Crippen molar-refractivity contribution in [3.05, 3.63) is 24.3 Å². The molecule has 2 atom stereocenters. The molecule has 1 aromatic rings. The molecule has 1 aliphatic heterocycles. The number of anilines is 1. The van der Waals surface area contributed by atoms with Crippen LogP contribution in [0.3, 0.4) is 0 Å². The average Bonchev–Trinajstić information content (AvgIpc) is 2.92. The van der Waals surface area contributed by atoms with E-state index in [1.165, 1.54) is 0 Å². The Hall–Kier alpha value is -2.08. The number of carbonyl (C=O) groups is 2. The van der Waals surface area contributed by atoms with Crippen molar-refractivity contribution in [3.8, 4) is 5.75 Å². The second-order valence-electron chi connectivity index (χ2n) is 5.67. The number of likely N-dealkylation sites (tertiary alicyclic amines) is 1. The van der Waals surface area contributed by atoms with Gasteiger partial charge in [-0.3, -0.25) is 9.59 Å². The molecule has 0 aliphatic carbocycles. The van der Waals surface area contributed by atoms with E-state index in [0.717, 1.165) is 0 Å². The van der Waals surface area contributed by atoms with E-state index in [4.69, 9.17) is 9.47 Å². The Bertz CT molecular complexity index is 561. The summed E-state index contributed by atoms with van der Waals surface area (Å²) in [6, 6.07) is 7.27. The summed E-state index contributed by atoms with van der Waals surface area (Å²) in [6.45, 7) is 5.23. The maximum absolute atomic E-state index is 12.5. The zero-order valence-corrected chi connectivity index (χ0v) is 13.9. The summed E-state index contributed by atoms with van der Waals surface area (Å²) in [5, 5.41) is 2.88. The van der Waals surface area contributed by atoms with Crippen LogP contribution in [-0.4, -0.2) is 49.6 Å². The zero-order valence-electron chi connectivity index (χ0n) is 13.9. The number of para-hydroxylation sites is 2. The number of hydrogen-bond acceptors (Lipinski definition) is 4. The molecule has 0 saturated carbocycles. The van der Waals surface area contributed by atoms with Gasteiger partial charge in [0.25, 0.3) is 0 Å². The Morgan fingerprint density at radius 2 is 2.17 bits per heavy atom. The van der Waals surface area contributed by atoms with E-state index in [0.29, 0.717) is 31.2 Å². The van der Waals surface area contributed by atoms with E-state index in [1.54, 1.807) is 18.1 Å². The lowest BCUT2D eigenvalue weighted by molar-refractivity contribution is -0.130. The number of benzene rings is 1. The Kier molecular flexibility index (Phi) is 5.98. The molecule has 0 bridgehead atoms. The number of nitrogens with one attached hydrogen (secondary N) is 1. The third-order valence-corrected chi connectivity index (χ3v) is 3.91. The molecule has 1 fully saturated rings. The lowest BCUT2D eigenvalue weighted by atomic mass is 10.1. The van der Waals surface area contributed by atoms with Crippen LogP contribution in [0.25, 0.3) is 0 Å². The molecule has 2 amide bonds. The van der Waals surface area contributed by atoms with Crippen LogP contribution in [0, 0.1) is 5.92 Å². The fourth-order valence-electron chi connectivity index (χ4n) is 2.75. The minimum atomic E-state index is -0.350. The predicted molar refractivity (Wildman–Crippen MR) is 87.4 cm³/mol. The van der Waals surface area contributed by atoms with Crippen LogP contribution >= 0.6 is 0 Å². The molecule has 1 aromatic carbocycles.